The molecule has 2 N–H and O–H groups in total. The molecule has 1 aliphatic heterocycles. The monoisotopic (exact) mass is 505 g/mol. The molecule has 3 rings (SSSR count). The molecule has 0 radical (unpaired) electrons. The fourth-order valence-electron chi connectivity index (χ4n) is 2.21. The minimum Gasteiger partial charge on any atom is -0.506 e. The molecule has 0 saturated heterocycles. The Morgan fingerprint density at radius 1 is 1.09 bits per heavy atom. The lowest BCUT2D eigenvalue weighted by Crippen LogP contribution is -2.03. The SMILES string of the molecule is O=C1Nc2c(Br)cc(Br)cc2C1=Cc1cc(Cl)cc(Br)c1O. The van der Waals surface area contributed by atoms with Crippen molar-refractivity contribution in [1.29, 1.82) is 0 Å². The summed E-state index contributed by atoms with van der Waals surface area (Å²) in [4.78, 5) is 12.2. The van der Waals surface area contributed by atoms with Gasteiger partial charge in [-0.2, -0.15) is 0 Å². The lowest BCUT2D eigenvalue weighted by Gasteiger charge is -2.05. The molecule has 0 saturated carbocycles. The van der Waals surface area contributed by atoms with E-state index in [0.717, 1.165) is 14.5 Å². The molecule has 22 heavy (non-hydrogen) atoms. The fourth-order valence-corrected chi connectivity index (χ4v) is 4.37. The average molecular weight is 508 g/mol. The summed E-state index contributed by atoms with van der Waals surface area (Å²) in [6.07, 6.45) is 1.62. The van der Waals surface area contributed by atoms with Crippen molar-refractivity contribution < 1.29 is 9.90 Å². The first kappa shape index (κ1) is 16.1. The predicted molar refractivity (Wildman–Crippen MR) is 99.2 cm³/mol. The number of hydrogen-bond donors (Lipinski definition) is 2. The second-order valence-electron chi connectivity index (χ2n) is 4.65. The molecule has 0 bridgehead atoms. The van der Waals surface area contributed by atoms with Gasteiger partial charge in [-0.05, 0) is 62.2 Å². The van der Waals surface area contributed by atoms with Gasteiger partial charge in [0.25, 0.3) is 5.91 Å². The van der Waals surface area contributed by atoms with Gasteiger partial charge in [-0.15, -0.1) is 0 Å². The van der Waals surface area contributed by atoms with Crippen LogP contribution in [0.4, 0.5) is 5.69 Å². The Morgan fingerprint density at radius 2 is 1.82 bits per heavy atom. The molecule has 1 amide bonds. The zero-order valence-corrected chi connectivity index (χ0v) is 16.3. The van der Waals surface area contributed by atoms with Crippen LogP contribution in [0.25, 0.3) is 11.6 Å². The molecule has 3 nitrogen and oxygen atoms in total. The van der Waals surface area contributed by atoms with Crippen molar-refractivity contribution in [3.05, 3.63) is 53.8 Å². The van der Waals surface area contributed by atoms with E-state index in [0.29, 0.717) is 26.3 Å². The van der Waals surface area contributed by atoms with E-state index < -0.39 is 0 Å². The van der Waals surface area contributed by atoms with Crippen molar-refractivity contribution in [3.63, 3.8) is 0 Å². The molecule has 1 heterocycles. The summed E-state index contributed by atoms with van der Waals surface area (Å²) in [6.45, 7) is 0. The number of fused-ring (bicyclic) bond motifs is 1. The van der Waals surface area contributed by atoms with Gasteiger partial charge in [-0.3, -0.25) is 4.79 Å². The van der Waals surface area contributed by atoms with Gasteiger partial charge in [-0.1, -0.05) is 27.5 Å². The number of phenols is 1. The van der Waals surface area contributed by atoms with Crippen LogP contribution >= 0.6 is 59.4 Å². The standard InChI is InChI=1S/C15H7Br3ClNO2/c16-7-3-9-10(15(22)20-13(9)11(17)4-7)2-6-1-8(19)5-12(18)14(6)21/h1-5,21H,(H,20,22). The Labute approximate surface area is 156 Å². The molecule has 0 aliphatic carbocycles. The highest BCUT2D eigenvalue weighted by Gasteiger charge is 2.27. The lowest BCUT2D eigenvalue weighted by atomic mass is 10.0. The summed E-state index contributed by atoms with van der Waals surface area (Å²) in [6, 6.07) is 6.90. The van der Waals surface area contributed by atoms with E-state index in [1.165, 1.54) is 0 Å². The predicted octanol–water partition coefficient (Wildman–Crippen LogP) is 5.83. The molecular weight excluding hydrogens is 501 g/mol. The van der Waals surface area contributed by atoms with E-state index in [4.69, 9.17) is 11.6 Å². The van der Waals surface area contributed by atoms with Crippen LogP contribution in [0.15, 0.2) is 37.7 Å². The molecule has 0 spiro atoms. The highest BCUT2D eigenvalue weighted by atomic mass is 79.9. The molecule has 0 unspecified atom stereocenters. The number of carbonyl (C=O) groups excluding carboxylic acids is 1. The van der Waals surface area contributed by atoms with Gasteiger partial charge < -0.3 is 10.4 Å². The molecule has 0 atom stereocenters. The van der Waals surface area contributed by atoms with Crippen molar-refractivity contribution in [1.82, 2.24) is 0 Å². The van der Waals surface area contributed by atoms with E-state index in [1.807, 2.05) is 12.1 Å². The number of phenolic OH excluding ortho intramolecular Hbond substituents is 1. The van der Waals surface area contributed by atoms with Gasteiger partial charge in [0.1, 0.15) is 5.75 Å². The zero-order chi connectivity index (χ0) is 16.0. The molecule has 0 fully saturated rings. The first-order chi connectivity index (χ1) is 10.4. The third-order valence-electron chi connectivity index (χ3n) is 3.19. The largest absolute Gasteiger partial charge is 0.506 e. The molecule has 1 aliphatic rings. The maximum Gasteiger partial charge on any atom is 0.256 e. The number of nitrogens with one attached hydrogen (secondary N) is 1. The molecule has 2 aromatic rings. The van der Waals surface area contributed by atoms with E-state index in [-0.39, 0.29) is 11.7 Å². The Kier molecular flexibility index (Phi) is 4.38. The van der Waals surface area contributed by atoms with Gasteiger partial charge >= 0.3 is 0 Å². The van der Waals surface area contributed by atoms with Crippen LogP contribution in [0.5, 0.6) is 5.75 Å². The van der Waals surface area contributed by atoms with Gasteiger partial charge in [-0.25, -0.2) is 0 Å². The van der Waals surface area contributed by atoms with Gasteiger partial charge in [0, 0.05) is 30.7 Å². The number of halogens is 4. The summed E-state index contributed by atoms with van der Waals surface area (Å²) in [5.74, 6) is -0.198. The van der Waals surface area contributed by atoms with Gasteiger partial charge in [0.15, 0.2) is 0 Å². The molecule has 0 aromatic heterocycles. The van der Waals surface area contributed by atoms with Crippen molar-refractivity contribution in [2.24, 2.45) is 0 Å². The van der Waals surface area contributed by atoms with Gasteiger partial charge in [0.2, 0.25) is 0 Å². The van der Waals surface area contributed by atoms with Crippen molar-refractivity contribution in [2.75, 3.05) is 5.32 Å². The first-order valence-electron chi connectivity index (χ1n) is 6.07. The molecule has 2 aromatic carbocycles. The topological polar surface area (TPSA) is 49.3 Å². The maximum absolute atomic E-state index is 12.2. The fraction of sp³-hybridized carbons (Fsp3) is 0. The minimum atomic E-state index is -0.232. The first-order valence-corrected chi connectivity index (χ1v) is 8.83. The number of amides is 1. The molecule has 7 heteroatoms. The van der Waals surface area contributed by atoms with Crippen LogP contribution in [0, 0.1) is 0 Å². The second kappa shape index (κ2) is 6.00. The third kappa shape index (κ3) is 2.85. The van der Waals surface area contributed by atoms with Crippen molar-refractivity contribution in [3.8, 4) is 5.75 Å². The maximum atomic E-state index is 12.2. The van der Waals surface area contributed by atoms with E-state index >= 15 is 0 Å². The van der Waals surface area contributed by atoms with Crippen LogP contribution in [0.3, 0.4) is 0 Å². The van der Waals surface area contributed by atoms with Crippen LogP contribution < -0.4 is 5.32 Å². The molecule has 112 valence electrons. The Morgan fingerprint density at radius 3 is 2.55 bits per heavy atom. The average Bonchev–Trinajstić information content (AvgIpc) is 2.73. The van der Waals surface area contributed by atoms with E-state index in [1.54, 1.807) is 18.2 Å². The number of carbonyl (C=O) groups is 1. The summed E-state index contributed by atoms with van der Waals surface area (Å²) in [5, 5.41) is 13.4. The Hall–Kier alpha value is -0.820. The normalized spacial score (nSPS) is 15.1. The van der Waals surface area contributed by atoms with Gasteiger partial charge in [0.05, 0.1) is 10.2 Å². The minimum absolute atomic E-state index is 0.0345. The summed E-state index contributed by atoms with van der Waals surface area (Å²) in [5.41, 5.74) is 2.39. The Balaban J connectivity index is 2.21. The highest BCUT2D eigenvalue weighted by Crippen LogP contribution is 2.42. The number of benzene rings is 2. The van der Waals surface area contributed by atoms with Crippen LogP contribution in [-0.4, -0.2) is 11.0 Å². The number of anilines is 1. The van der Waals surface area contributed by atoms with E-state index in [2.05, 4.69) is 53.1 Å². The second-order valence-corrected chi connectivity index (χ2v) is 7.71. The quantitative estimate of drug-likeness (QED) is 0.477. The Bertz CT molecular complexity index is 849. The summed E-state index contributed by atoms with van der Waals surface area (Å²) in [7, 11) is 0. The van der Waals surface area contributed by atoms with E-state index in [9.17, 15) is 9.90 Å². The lowest BCUT2D eigenvalue weighted by molar-refractivity contribution is -0.110. The summed E-state index contributed by atoms with van der Waals surface area (Å²) < 4.78 is 2.10. The highest BCUT2D eigenvalue weighted by molar-refractivity contribution is 9.11. The number of aromatic hydroxyl groups is 1. The smallest absolute Gasteiger partial charge is 0.256 e. The molecular formula is C15H7Br3ClNO2. The van der Waals surface area contributed by atoms with Crippen LogP contribution in [-0.2, 0) is 4.79 Å². The van der Waals surface area contributed by atoms with Crippen molar-refractivity contribution >= 4 is 82.6 Å². The number of rotatable bonds is 1. The van der Waals surface area contributed by atoms with Crippen LogP contribution in [0.2, 0.25) is 5.02 Å². The van der Waals surface area contributed by atoms with Crippen LogP contribution in [0.1, 0.15) is 11.1 Å². The number of hydrogen-bond acceptors (Lipinski definition) is 2. The third-order valence-corrected chi connectivity index (χ3v) is 5.09. The zero-order valence-electron chi connectivity index (χ0n) is 10.8. The summed E-state index contributed by atoms with van der Waals surface area (Å²) >= 11 is 16.1. The van der Waals surface area contributed by atoms with Crippen molar-refractivity contribution in [2.45, 2.75) is 0 Å².